The normalized spacial score (nSPS) is 10.6. The van der Waals surface area contributed by atoms with Crippen molar-refractivity contribution in [2.75, 3.05) is 10.6 Å². The molecule has 0 aliphatic carbocycles. The van der Waals surface area contributed by atoms with Crippen LogP contribution < -0.4 is 10.6 Å². The summed E-state index contributed by atoms with van der Waals surface area (Å²) in [6, 6.07) is 15.1. The molecule has 0 saturated carbocycles. The molecule has 0 saturated heterocycles. The Kier molecular flexibility index (Phi) is 5.22. The van der Waals surface area contributed by atoms with Gasteiger partial charge in [-0.25, -0.2) is 14.4 Å². The first-order chi connectivity index (χ1) is 12.5. The quantitative estimate of drug-likeness (QED) is 0.698. The van der Waals surface area contributed by atoms with Gasteiger partial charge in [-0.1, -0.05) is 26.0 Å². The minimum absolute atomic E-state index is 0.214. The number of anilines is 3. The molecule has 0 aliphatic rings. The van der Waals surface area contributed by atoms with E-state index in [9.17, 15) is 9.18 Å². The molecule has 5 nitrogen and oxygen atoms in total. The van der Waals surface area contributed by atoms with Gasteiger partial charge in [0, 0.05) is 17.4 Å². The van der Waals surface area contributed by atoms with E-state index in [-0.39, 0.29) is 11.5 Å². The second-order valence-electron chi connectivity index (χ2n) is 6.15. The highest BCUT2D eigenvalue weighted by Crippen LogP contribution is 2.20. The molecule has 0 spiro atoms. The SMILES string of the molecule is CC(C)c1ccc(Nc2cc(C(=O)Nc3ccc(F)cc3)ncn2)cc1. The Morgan fingerprint density at radius 3 is 2.27 bits per heavy atom. The van der Waals surface area contributed by atoms with Crippen LogP contribution in [0.25, 0.3) is 0 Å². The van der Waals surface area contributed by atoms with Crippen molar-refractivity contribution in [3.63, 3.8) is 0 Å². The maximum Gasteiger partial charge on any atom is 0.274 e. The first kappa shape index (κ1) is 17.5. The topological polar surface area (TPSA) is 66.9 Å². The summed E-state index contributed by atoms with van der Waals surface area (Å²) < 4.78 is 12.9. The fourth-order valence-electron chi connectivity index (χ4n) is 2.38. The Balaban J connectivity index is 1.71. The van der Waals surface area contributed by atoms with E-state index in [1.807, 2.05) is 12.1 Å². The minimum atomic E-state index is -0.391. The summed E-state index contributed by atoms with van der Waals surface area (Å²) in [4.78, 5) is 20.4. The molecule has 2 N–H and O–H groups in total. The number of carbonyl (C=O) groups is 1. The Hall–Kier alpha value is -3.28. The molecule has 6 heteroatoms. The fourth-order valence-corrected chi connectivity index (χ4v) is 2.38. The highest BCUT2D eigenvalue weighted by molar-refractivity contribution is 6.03. The summed E-state index contributed by atoms with van der Waals surface area (Å²) in [6.07, 6.45) is 1.32. The second kappa shape index (κ2) is 7.74. The highest BCUT2D eigenvalue weighted by atomic mass is 19.1. The number of nitrogens with one attached hydrogen (secondary N) is 2. The number of nitrogens with zero attached hydrogens (tertiary/aromatic N) is 2. The number of rotatable bonds is 5. The number of carbonyl (C=O) groups excluding carboxylic acids is 1. The van der Waals surface area contributed by atoms with Crippen LogP contribution in [0.2, 0.25) is 0 Å². The van der Waals surface area contributed by atoms with Gasteiger partial charge < -0.3 is 10.6 Å². The Labute approximate surface area is 151 Å². The van der Waals surface area contributed by atoms with E-state index in [1.165, 1.54) is 36.2 Å². The van der Waals surface area contributed by atoms with Gasteiger partial charge in [-0.15, -0.1) is 0 Å². The smallest absolute Gasteiger partial charge is 0.274 e. The maximum absolute atomic E-state index is 12.9. The molecule has 0 atom stereocenters. The molecule has 3 aromatic rings. The number of hydrogen-bond donors (Lipinski definition) is 2. The Morgan fingerprint density at radius 1 is 0.962 bits per heavy atom. The molecule has 132 valence electrons. The standard InChI is InChI=1S/C20H19FN4O/c1-13(2)14-3-7-16(8-4-14)24-19-11-18(22-12-23-19)20(26)25-17-9-5-15(21)6-10-17/h3-13H,1-2H3,(H,25,26)(H,22,23,24). The summed E-state index contributed by atoms with van der Waals surface area (Å²) >= 11 is 0. The number of benzene rings is 2. The molecular formula is C20H19FN4O. The van der Waals surface area contributed by atoms with Gasteiger partial charge in [-0.2, -0.15) is 0 Å². The van der Waals surface area contributed by atoms with Crippen molar-refractivity contribution < 1.29 is 9.18 Å². The predicted molar refractivity (Wildman–Crippen MR) is 100 cm³/mol. The van der Waals surface area contributed by atoms with E-state index < -0.39 is 5.91 Å². The van der Waals surface area contributed by atoms with Crippen molar-refractivity contribution in [1.29, 1.82) is 0 Å². The highest BCUT2D eigenvalue weighted by Gasteiger charge is 2.10. The van der Waals surface area contributed by atoms with Gasteiger partial charge in [-0.05, 0) is 47.9 Å². The van der Waals surface area contributed by atoms with Crippen molar-refractivity contribution in [1.82, 2.24) is 9.97 Å². The molecule has 3 rings (SSSR count). The molecule has 0 unspecified atom stereocenters. The van der Waals surface area contributed by atoms with Crippen LogP contribution >= 0.6 is 0 Å². The maximum atomic E-state index is 12.9. The lowest BCUT2D eigenvalue weighted by atomic mass is 10.0. The molecule has 1 heterocycles. The van der Waals surface area contributed by atoms with Gasteiger partial charge in [0.05, 0.1) is 0 Å². The number of halogens is 1. The van der Waals surface area contributed by atoms with Crippen LogP contribution in [-0.4, -0.2) is 15.9 Å². The third-order valence-corrected chi connectivity index (χ3v) is 3.85. The van der Waals surface area contributed by atoms with Gasteiger partial charge in [0.15, 0.2) is 0 Å². The lowest BCUT2D eigenvalue weighted by Crippen LogP contribution is -2.14. The summed E-state index contributed by atoms with van der Waals surface area (Å²) in [6.45, 7) is 4.28. The first-order valence-corrected chi connectivity index (χ1v) is 8.27. The van der Waals surface area contributed by atoms with E-state index in [0.29, 0.717) is 17.4 Å². The second-order valence-corrected chi connectivity index (χ2v) is 6.15. The van der Waals surface area contributed by atoms with Crippen LogP contribution in [0.15, 0.2) is 60.9 Å². The molecule has 0 bridgehead atoms. The van der Waals surface area contributed by atoms with Crippen LogP contribution in [0, 0.1) is 5.82 Å². The van der Waals surface area contributed by atoms with Gasteiger partial charge in [0.2, 0.25) is 0 Å². The summed E-state index contributed by atoms with van der Waals surface area (Å²) in [5.74, 6) is 0.226. The first-order valence-electron chi connectivity index (χ1n) is 8.27. The number of aromatic nitrogens is 2. The average molecular weight is 350 g/mol. The third kappa shape index (κ3) is 4.42. The molecule has 1 aromatic heterocycles. The zero-order valence-corrected chi connectivity index (χ0v) is 14.5. The van der Waals surface area contributed by atoms with Crippen LogP contribution in [0.3, 0.4) is 0 Å². The van der Waals surface area contributed by atoms with Crippen molar-refractivity contribution in [3.05, 3.63) is 78.0 Å². The largest absolute Gasteiger partial charge is 0.340 e. The van der Waals surface area contributed by atoms with Gasteiger partial charge in [0.25, 0.3) is 5.91 Å². The van der Waals surface area contributed by atoms with Crippen LogP contribution in [-0.2, 0) is 0 Å². The van der Waals surface area contributed by atoms with E-state index in [1.54, 1.807) is 6.07 Å². The van der Waals surface area contributed by atoms with Gasteiger partial charge in [0.1, 0.15) is 23.7 Å². The van der Waals surface area contributed by atoms with E-state index in [4.69, 9.17) is 0 Å². The zero-order chi connectivity index (χ0) is 18.5. The molecule has 0 radical (unpaired) electrons. The van der Waals surface area contributed by atoms with E-state index in [2.05, 4.69) is 46.6 Å². The molecule has 0 aliphatic heterocycles. The van der Waals surface area contributed by atoms with Crippen molar-refractivity contribution in [3.8, 4) is 0 Å². The minimum Gasteiger partial charge on any atom is -0.340 e. The lowest BCUT2D eigenvalue weighted by Gasteiger charge is -2.09. The van der Waals surface area contributed by atoms with Crippen LogP contribution in [0.4, 0.5) is 21.6 Å². The molecule has 2 aromatic carbocycles. The summed E-state index contributed by atoms with van der Waals surface area (Å²) in [5.41, 5.74) is 2.83. The molecule has 1 amide bonds. The zero-order valence-electron chi connectivity index (χ0n) is 14.5. The fraction of sp³-hybridized carbons (Fsp3) is 0.150. The Bertz CT molecular complexity index is 892. The Morgan fingerprint density at radius 2 is 1.62 bits per heavy atom. The average Bonchev–Trinajstić information content (AvgIpc) is 2.64. The summed E-state index contributed by atoms with van der Waals surface area (Å²) in [5, 5.41) is 5.83. The van der Waals surface area contributed by atoms with Crippen LogP contribution in [0.5, 0.6) is 0 Å². The molecular weight excluding hydrogens is 331 g/mol. The molecule has 0 fully saturated rings. The van der Waals surface area contributed by atoms with Crippen molar-refractivity contribution >= 4 is 23.1 Å². The lowest BCUT2D eigenvalue weighted by molar-refractivity contribution is 0.102. The van der Waals surface area contributed by atoms with Gasteiger partial charge in [-0.3, -0.25) is 4.79 Å². The number of amides is 1. The van der Waals surface area contributed by atoms with E-state index >= 15 is 0 Å². The van der Waals surface area contributed by atoms with Crippen LogP contribution in [0.1, 0.15) is 35.8 Å². The summed E-state index contributed by atoms with van der Waals surface area (Å²) in [7, 11) is 0. The van der Waals surface area contributed by atoms with Crippen molar-refractivity contribution in [2.24, 2.45) is 0 Å². The monoisotopic (exact) mass is 350 g/mol. The number of hydrogen-bond acceptors (Lipinski definition) is 4. The van der Waals surface area contributed by atoms with Gasteiger partial charge >= 0.3 is 0 Å². The van der Waals surface area contributed by atoms with Crippen molar-refractivity contribution in [2.45, 2.75) is 19.8 Å². The van der Waals surface area contributed by atoms with E-state index in [0.717, 1.165) is 5.69 Å². The third-order valence-electron chi connectivity index (χ3n) is 3.85. The molecule has 26 heavy (non-hydrogen) atoms. The predicted octanol–water partition coefficient (Wildman–Crippen LogP) is 4.74.